The van der Waals surface area contributed by atoms with Crippen LogP contribution in [0.3, 0.4) is 0 Å². The zero-order valence-corrected chi connectivity index (χ0v) is 18.1. The first kappa shape index (κ1) is 21.3. The molecule has 2 aliphatic rings. The number of nitrogens with one attached hydrogen (secondary N) is 1. The standard InChI is InChI=1S/C25H30N4O2/c1-27-25(30)21-15-29(16-21)14-18-7-9-23(10-8-18)31-17-22-11-20(12-26)24(13-28-22)19-5-3-2-4-6-19/h7-11,13,19,21H,2-6,14-17H2,1H3,(H,27,30). The molecule has 31 heavy (non-hydrogen) atoms. The smallest absolute Gasteiger partial charge is 0.225 e. The van der Waals surface area contributed by atoms with Gasteiger partial charge in [-0.2, -0.15) is 5.26 Å². The Bertz CT molecular complexity index is 939. The molecule has 1 aliphatic heterocycles. The first-order valence-corrected chi connectivity index (χ1v) is 11.2. The van der Waals surface area contributed by atoms with Crippen LogP contribution in [-0.4, -0.2) is 35.9 Å². The molecule has 0 atom stereocenters. The SMILES string of the molecule is CNC(=O)C1CN(Cc2ccc(OCc3cc(C#N)c(C4CCCCC4)cn3)cc2)C1. The molecule has 0 unspecified atom stereocenters. The van der Waals surface area contributed by atoms with Crippen LogP contribution < -0.4 is 10.1 Å². The molecule has 2 heterocycles. The van der Waals surface area contributed by atoms with Crippen molar-refractivity contribution in [1.29, 1.82) is 5.26 Å². The number of benzene rings is 1. The van der Waals surface area contributed by atoms with E-state index >= 15 is 0 Å². The van der Waals surface area contributed by atoms with Crippen LogP contribution in [0, 0.1) is 17.2 Å². The molecule has 1 aromatic carbocycles. The highest BCUT2D eigenvalue weighted by Gasteiger charge is 2.31. The van der Waals surface area contributed by atoms with Gasteiger partial charge >= 0.3 is 0 Å². The maximum atomic E-state index is 11.6. The molecule has 2 aromatic rings. The fourth-order valence-electron chi connectivity index (χ4n) is 4.60. The van der Waals surface area contributed by atoms with Crippen molar-refractivity contribution in [2.45, 2.75) is 51.2 Å². The number of nitrogens with zero attached hydrogens (tertiary/aromatic N) is 3. The number of likely N-dealkylation sites (tertiary alicyclic amines) is 1. The van der Waals surface area contributed by atoms with Crippen LogP contribution in [-0.2, 0) is 17.9 Å². The number of rotatable bonds is 7. The van der Waals surface area contributed by atoms with Crippen LogP contribution in [0.2, 0.25) is 0 Å². The van der Waals surface area contributed by atoms with Gasteiger partial charge in [0.1, 0.15) is 12.4 Å². The molecule has 4 rings (SSSR count). The number of hydrogen-bond donors (Lipinski definition) is 1. The fraction of sp³-hybridized carbons (Fsp3) is 0.480. The molecular formula is C25H30N4O2. The average molecular weight is 419 g/mol. The number of ether oxygens (including phenoxy) is 1. The van der Waals surface area contributed by atoms with Crippen LogP contribution in [0.25, 0.3) is 0 Å². The Balaban J connectivity index is 1.29. The van der Waals surface area contributed by atoms with E-state index in [2.05, 4.69) is 33.4 Å². The Kier molecular flexibility index (Phi) is 6.83. The van der Waals surface area contributed by atoms with E-state index < -0.39 is 0 Å². The van der Waals surface area contributed by atoms with E-state index in [1.165, 1.54) is 24.8 Å². The summed E-state index contributed by atoms with van der Waals surface area (Å²) >= 11 is 0. The van der Waals surface area contributed by atoms with Crippen molar-refractivity contribution in [3.63, 3.8) is 0 Å². The van der Waals surface area contributed by atoms with E-state index in [0.29, 0.717) is 12.5 Å². The number of aromatic nitrogens is 1. The Morgan fingerprint density at radius 3 is 2.65 bits per heavy atom. The minimum atomic E-state index is 0.114. The molecule has 1 aromatic heterocycles. The van der Waals surface area contributed by atoms with Gasteiger partial charge in [-0.25, -0.2) is 0 Å². The van der Waals surface area contributed by atoms with Gasteiger partial charge in [-0.1, -0.05) is 31.4 Å². The summed E-state index contributed by atoms with van der Waals surface area (Å²) in [7, 11) is 1.69. The first-order chi connectivity index (χ1) is 15.2. The lowest BCUT2D eigenvalue weighted by molar-refractivity contribution is -0.129. The van der Waals surface area contributed by atoms with Crippen LogP contribution in [0.4, 0.5) is 0 Å². The summed E-state index contributed by atoms with van der Waals surface area (Å²) in [5, 5.41) is 12.3. The van der Waals surface area contributed by atoms with Crippen molar-refractivity contribution in [3.8, 4) is 11.8 Å². The number of carbonyl (C=O) groups excluding carboxylic acids is 1. The maximum Gasteiger partial charge on any atom is 0.225 e. The van der Waals surface area contributed by atoms with Crippen molar-refractivity contribution < 1.29 is 9.53 Å². The highest BCUT2D eigenvalue weighted by Crippen LogP contribution is 2.34. The second-order valence-electron chi connectivity index (χ2n) is 8.65. The van der Waals surface area contributed by atoms with Crippen LogP contribution in [0.1, 0.15) is 60.4 Å². The monoisotopic (exact) mass is 418 g/mol. The van der Waals surface area contributed by atoms with Crippen LogP contribution >= 0.6 is 0 Å². The number of pyridine rings is 1. The predicted molar refractivity (Wildman–Crippen MR) is 118 cm³/mol. The summed E-state index contributed by atoms with van der Waals surface area (Å²) < 4.78 is 5.90. The number of hydrogen-bond acceptors (Lipinski definition) is 5. The van der Waals surface area contributed by atoms with E-state index in [1.54, 1.807) is 7.05 Å². The molecule has 0 spiro atoms. The molecule has 0 radical (unpaired) electrons. The van der Waals surface area contributed by atoms with Gasteiger partial charge < -0.3 is 10.1 Å². The largest absolute Gasteiger partial charge is 0.487 e. The van der Waals surface area contributed by atoms with Crippen molar-refractivity contribution in [2.75, 3.05) is 20.1 Å². The molecule has 1 aliphatic carbocycles. The van der Waals surface area contributed by atoms with Gasteiger partial charge in [-0.3, -0.25) is 14.7 Å². The van der Waals surface area contributed by atoms with Crippen molar-refractivity contribution in [1.82, 2.24) is 15.2 Å². The van der Waals surface area contributed by atoms with Gasteiger partial charge in [-0.15, -0.1) is 0 Å². The molecule has 162 valence electrons. The van der Waals surface area contributed by atoms with E-state index in [4.69, 9.17) is 4.74 Å². The first-order valence-electron chi connectivity index (χ1n) is 11.2. The molecule has 6 nitrogen and oxygen atoms in total. The third kappa shape index (κ3) is 5.23. The lowest BCUT2D eigenvalue weighted by Gasteiger charge is -2.38. The summed E-state index contributed by atoms with van der Waals surface area (Å²) in [4.78, 5) is 18.4. The van der Waals surface area contributed by atoms with E-state index in [9.17, 15) is 10.1 Å². The zero-order valence-electron chi connectivity index (χ0n) is 18.1. The Labute approximate surface area is 184 Å². The molecule has 1 saturated heterocycles. The molecule has 1 saturated carbocycles. The summed E-state index contributed by atoms with van der Waals surface area (Å²) in [6.07, 6.45) is 7.97. The van der Waals surface area contributed by atoms with Gasteiger partial charge in [0.2, 0.25) is 5.91 Å². The van der Waals surface area contributed by atoms with Crippen molar-refractivity contribution in [3.05, 3.63) is 58.9 Å². The van der Waals surface area contributed by atoms with E-state index in [-0.39, 0.29) is 11.8 Å². The van der Waals surface area contributed by atoms with Crippen LogP contribution in [0.5, 0.6) is 5.75 Å². The van der Waals surface area contributed by atoms with Gasteiger partial charge in [0.25, 0.3) is 0 Å². The minimum Gasteiger partial charge on any atom is -0.487 e. The second-order valence-corrected chi connectivity index (χ2v) is 8.65. The second kappa shape index (κ2) is 9.93. The topological polar surface area (TPSA) is 78.3 Å². The zero-order chi connectivity index (χ0) is 21.6. The maximum absolute atomic E-state index is 11.6. The van der Waals surface area contributed by atoms with Gasteiger partial charge in [-0.05, 0) is 48.1 Å². The summed E-state index contributed by atoms with van der Waals surface area (Å²) in [6.45, 7) is 2.80. The minimum absolute atomic E-state index is 0.114. The predicted octanol–water partition coefficient (Wildman–Crippen LogP) is 3.76. The number of amides is 1. The van der Waals surface area contributed by atoms with Crippen molar-refractivity contribution >= 4 is 5.91 Å². The third-order valence-corrected chi connectivity index (χ3v) is 6.45. The quantitative estimate of drug-likeness (QED) is 0.741. The number of carbonyl (C=O) groups is 1. The van der Waals surface area contributed by atoms with Gasteiger partial charge in [0, 0.05) is 32.9 Å². The summed E-state index contributed by atoms with van der Waals surface area (Å²) in [5.74, 6) is 1.49. The highest BCUT2D eigenvalue weighted by atomic mass is 16.5. The normalized spacial score (nSPS) is 17.5. The number of nitriles is 1. The van der Waals surface area contributed by atoms with E-state index in [0.717, 1.165) is 55.0 Å². The lowest BCUT2D eigenvalue weighted by atomic mass is 9.83. The molecule has 2 fully saturated rings. The molecule has 6 heteroatoms. The highest BCUT2D eigenvalue weighted by molar-refractivity contribution is 5.79. The molecule has 1 N–H and O–H groups in total. The van der Waals surface area contributed by atoms with E-state index in [1.807, 2.05) is 24.4 Å². The Morgan fingerprint density at radius 1 is 1.23 bits per heavy atom. The lowest BCUT2D eigenvalue weighted by Crippen LogP contribution is -2.52. The van der Waals surface area contributed by atoms with Crippen LogP contribution in [0.15, 0.2) is 36.5 Å². The molecule has 1 amide bonds. The Morgan fingerprint density at radius 2 is 1.97 bits per heavy atom. The average Bonchev–Trinajstić information content (AvgIpc) is 2.80. The van der Waals surface area contributed by atoms with Gasteiger partial charge in [0.15, 0.2) is 0 Å². The summed E-state index contributed by atoms with van der Waals surface area (Å²) in [5.41, 5.74) is 3.81. The van der Waals surface area contributed by atoms with Gasteiger partial charge in [0.05, 0.1) is 23.2 Å². The summed E-state index contributed by atoms with van der Waals surface area (Å²) in [6, 6.07) is 12.3. The molecular weight excluding hydrogens is 388 g/mol. The van der Waals surface area contributed by atoms with Crippen molar-refractivity contribution in [2.24, 2.45) is 5.92 Å². The Hall–Kier alpha value is -2.91. The third-order valence-electron chi connectivity index (χ3n) is 6.45. The molecule has 0 bridgehead atoms. The fourth-order valence-corrected chi connectivity index (χ4v) is 4.60.